The predicted octanol–water partition coefficient (Wildman–Crippen LogP) is -1.48. The quantitative estimate of drug-likeness (QED) is 0.390. The molecule has 0 aromatic rings. The van der Waals surface area contributed by atoms with Gasteiger partial charge in [-0.05, 0) is 0 Å². The van der Waals surface area contributed by atoms with Crippen molar-refractivity contribution in [2.24, 2.45) is 0 Å². The molecule has 1 rings (SSSR count). The van der Waals surface area contributed by atoms with Gasteiger partial charge in [-0.3, -0.25) is 0 Å². The Morgan fingerprint density at radius 2 is 2.80 bits per heavy atom. The van der Waals surface area contributed by atoms with Gasteiger partial charge in [0, 0.05) is 0 Å². The van der Waals surface area contributed by atoms with Crippen LogP contribution in [-0.4, -0.2) is 26.6 Å². The number of rotatable bonds is 0. The Bertz CT molecular complexity index is 45.6. The second-order valence-electron chi connectivity index (χ2n) is 0.854. The van der Waals surface area contributed by atoms with Gasteiger partial charge >= 0.3 is 36.4 Å². The molecule has 0 aromatic heterocycles. The van der Waals surface area contributed by atoms with Crippen molar-refractivity contribution in [3.8, 4) is 0 Å². The minimum absolute atomic E-state index is 0.153. The third-order valence-corrected chi connectivity index (χ3v) is 2.00. The summed E-state index contributed by atoms with van der Waals surface area (Å²) >= 11 is 0.153. The molecule has 27 valence electrons. The monoisotopic (exact) mass is 131 g/mol. The summed E-state index contributed by atoms with van der Waals surface area (Å²) in [6.45, 7) is 1.07. The van der Waals surface area contributed by atoms with E-state index in [0.29, 0.717) is 0 Å². The molecule has 0 atom stereocenters. The Balaban J connectivity index is 2.32. The summed E-state index contributed by atoms with van der Waals surface area (Å²) in [7, 11) is 0. The van der Waals surface area contributed by atoms with E-state index in [1.165, 1.54) is 0 Å². The van der Waals surface area contributed by atoms with Crippen molar-refractivity contribution in [1.82, 2.24) is 9.81 Å². The van der Waals surface area contributed by atoms with Gasteiger partial charge in [-0.2, -0.15) is 0 Å². The van der Waals surface area contributed by atoms with Crippen molar-refractivity contribution in [2.45, 2.75) is 0 Å². The SMILES string of the molecule is [CH]1=[Ge][NH]NC1. The van der Waals surface area contributed by atoms with Gasteiger partial charge in [0.15, 0.2) is 0 Å². The zero-order chi connectivity index (χ0) is 3.54. The number of hydrazine groups is 1. The molecule has 0 unspecified atom stereocenters. The summed E-state index contributed by atoms with van der Waals surface area (Å²) < 4.78 is 3.04. The zero-order valence-electron chi connectivity index (χ0n) is 2.78. The first kappa shape index (κ1) is 3.37. The van der Waals surface area contributed by atoms with Gasteiger partial charge in [0.1, 0.15) is 0 Å². The van der Waals surface area contributed by atoms with Crippen LogP contribution in [0.5, 0.6) is 0 Å². The van der Waals surface area contributed by atoms with E-state index in [1.54, 1.807) is 0 Å². The van der Waals surface area contributed by atoms with Crippen molar-refractivity contribution >= 4 is 20.1 Å². The third-order valence-electron chi connectivity index (χ3n) is 0.467. The van der Waals surface area contributed by atoms with E-state index < -0.39 is 0 Å². The van der Waals surface area contributed by atoms with E-state index in [1.807, 2.05) is 0 Å². The fraction of sp³-hybridized carbons (Fsp3) is 0.500. The summed E-state index contributed by atoms with van der Waals surface area (Å²) in [5.41, 5.74) is 2.97. The van der Waals surface area contributed by atoms with E-state index in [4.69, 9.17) is 0 Å². The van der Waals surface area contributed by atoms with Crippen LogP contribution in [0.4, 0.5) is 0 Å². The molecule has 1 aliphatic heterocycles. The summed E-state index contributed by atoms with van der Waals surface area (Å²) in [4.78, 5) is 2.26. The first-order chi connectivity index (χ1) is 2.50. The van der Waals surface area contributed by atoms with Crippen molar-refractivity contribution in [2.75, 3.05) is 6.54 Å². The molecule has 1 aliphatic rings. The van der Waals surface area contributed by atoms with Gasteiger partial charge in [-0.1, -0.05) is 0 Å². The normalized spacial score (nSPS) is 19.2. The zero-order valence-corrected chi connectivity index (χ0v) is 4.88. The molecular formula is C2H5GeN2. The summed E-state index contributed by atoms with van der Waals surface area (Å²) in [5.74, 6) is 0. The summed E-state index contributed by atoms with van der Waals surface area (Å²) in [6, 6.07) is 0. The van der Waals surface area contributed by atoms with Crippen molar-refractivity contribution in [3.05, 3.63) is 0 Å². The van der Waals surface area contributed by atoms with Crippen LogP contribution in [0.25, 0.3) is 0 Å². The molecule has 5 heavy (non-hydrogen) atoms. The van der Waals surface area contributed by atoms with Gasteiger partial charge in [0.25, 0.3) is 0 Å². The minimum atomic E-state index is 0.153. The molecule has 0 aliphatic carbocycles. The second-order valence-corrected chi connectivity index (χ2v) is 2.84. The average Bonchev–Trinajstić information content (AvgIpc) is 1.76. The van der Waals surface area contributed by atoms with Crippen molar-refractivity contribution in [3.63, 3.8) is 0 Å². The Kier molecular flexibility index (Phi) is 1.06. The van der Waals surface area contributed by atoms with E-state index in [9.17, 15) is 0 Å². The van der Waals surface area contributed by atoms with E-state index in [-0.39, 0.29) is 15.2 Å². The molecule has 1 radical (unpaired) electrons. The molecule has 3 heteroatoms. The second kappa shape index (κ2) is 1.57. The van der Waals surface area contributed by atoms with Crippen LogP contribution in [0.15, 0.2) is 0 Å². The van der Waals surface area contributed by atoms with Gasteiger partial charge in [0.2, 0.25) is 0 Å². The molecule has 1 heterocycles. The van der Waals surface area contributed by atoms with Crippen molar-refractivity contribution in [1.29, 1.82) is 0 Å². The summed E-state index contributed by atoms with van der Waals surface area (Å²) in [6.07, 6.45) is 0. The Morgan fingerprint density at radius 1 is 1.80 bits per heavy atom. The maximum atomic E-state index is 3.04. The fourth-order valence-corrected chi connectivity index (χ4v) is 1.33. The summed E-state index contributed by atoms with van der Waals surface area (Å²) in [5, 5.41) is 0. The van der Waals surface area contributed by atoms with Gasteiger partial charge < -0.3 is 0 Å². The molecule has 2 nitrogen and oxygen atoms in total. The maximum absolute atomic E-state index is 3.04. The predicted molar refractivity (Wildman–Crippen MR) is 23.0 cm³/mol. The Labute approximate surface area is 37.1 Å². The van der Waals surface area contributed by atoms with Crippen LogP contribution in [0.2, 0.25) is 0 Å². The van der Waals surface area contributed by atoms with Crippen LogP contribution < -0.4 is 9.81 Å². The third kappa shape index (κ3) is 0.736. The van der Waals surface area contributed by atoms with Crippen LogP contribution in [0, 0.1) is 0 Å². The van der Waals surface area contributed by atoms with Crippen LogP contribution in [0.3, 0.4) is 0 Å². The fourth-order valence-electron chi connectivity index (χ4n) is 0.255. The van der Waals surface area contributed by atoms with Gasteiger partial charge in [-0.25, -0.2) is 0 Å². The van der Waals surface area contributed by atoms with E-state index in [2.05, 4.69) is 14.7 Å². The average molecular weight is 130 g/mol. The topological polar surface area (TPSA) is 24.1 Å². The van der Waals surface area contributed by atoms with Crippen LogP contribution in [-0.2, 0) is 0 Å². The number of hydrogen-bond acceptors (Lipinski definition) is 2. The number of nitrogens with one attached hydrogen (secondary N) is 2. The number of hydrogen-bond donors (Lipinski definition) is 2. The molecule has 2 N–H and O–H groups in total. The van der Waals surface area contributed by atoms with Gasteiger partial charge in [-0.15, -0.1) is 0 Å². The first-order valence-electron chi connectivity index (χ1n) is 1.55. The molecule has 0 saturated heterocycles. The Hall–Kier alpha value is 0.173. The van der Waals surface area contributed by atoms with Gasteiger partial charge in [0.05, 0.1) is 0 Å². The molecule has 0 bridgehead atoms. The molecule has 0 spiro atoms. The molecular weight excluding hydrogens is 125 g/mol. The van der Waals surface area contributed by atoms with Crippen molar-refractivity contribution < 1.29 is 0 Å². The van der Waals surface area contributed by atoms with Crippen LogP contribution >= 0.6 is 0 Å². The molecule has 0 aromatic carbocycles. The Morgan fingerprint density at radius 3 is 3.00 bits per heavy atom. The standard InChI is InChI=1S/C2H5GeN2/c1-2-4-5-3-1/h1,4-5H,2H2. The molecule has 0 fully saturated rings. The van der Waals surface area contributed by atoms with E-state index >= 15 is 0 Å². The first-order valence-corrected chi connectivity index (χ1v) is 3.81. The van der Waals surface area contributed by atoms with Crippen LogP contribution in [0.1, 0.15) is 0 Å². The molecule has 0 amide bonds. The molecule has 0 saturated carbocycles. The van der Waals surface area contributed by atoms with E-state index in [0.717, 1.165) is 6.54 Å².